The van der Waals surface area contributed by atoms with Crippen LogP contribution in [-0.4, -0.2) is 27.7 Å². The third kappa shape index (κ3) is 2.96. The summed E-state index contributed by atoms with van der Waals surface area (Å²) in [6.45, 7) is 3.48. The van der Waals surface area contributed by atoms with Gasteiger partial charge in [-0.05, 0) is 26.0 Å². The molecule has 0 aromatic heterocycles. The zero-order valence-electron chi connectivity index (χ0n) is 10.4. The summed E-state index contributed by atoms with van der Waals surface area (Å²) in [5.41, 5.74) is 0. The van der Waals surface area contributed by atoms with Gasteiger partial charge >= 0.3 is 0 Å². The highest BCUT2D eigenvalue weighted by molar-refractivity contribution is 7.94. The summed E-state index contributed by atoms with van der Waals surface area (Å²) in [5.74, 6) is 0. The fourth-order valence-electron chi connectivity index (χ4n) is 1.72. The zero-order chi connectivity index (χ0) is 12.9. The van der Waals surface area contributed by atoms with E-state index in [9.17, 15) is 9.32 Å². The van der Waals surface area contributed by atoms with Crippen LogP contribution in [0, 0.1) is 0 Å². The van der Waals surface area contributed by atoms with Crippen LogP contribution in [-0.2, 0) is 9.73 Å². The first-order valence-electron chi connectivity index (χ1n) is 5.56. The first-order chi connectivity index (χ1) is 8.06. The van der Waals surface area contributed by atoms with Crippen LogP contribution in [0.2, 0.25) is 0 Å². The lowest BCUT2D eigenvalue weighted by Gasteiger charge is -2.21. The molecule has 4 heteroatoms. The van der Waals surface area contributed by atoms with E-state index in [2.05, 4.69) is 4.36 Å². The molecular weight excluding hydrogens is 234 g/mol. The highest BCUT2D eigenvalue weighted by Gasteiger charge is 2.26. The molecular formula is C13H19NO2S. The molecule has 0 radical (unpaired) electrons. The normalized spacial score (nSPS) is 18.6. The number of hydrogen-bond donors (Lipinski definition) is 1. The van der Waals surface area contributed by atoms with E-state index in [0.29, 0.717) is 4.90 Å². The van der Waals surface area contributed by atoms with Crippen LogP contribution < -0.4 is 0 Å². The van der Waals surface area contributed by atoms with E-state index >= 15 is 0 Å². The Morgan fingerprint density at radius 3 is 2.35 bits per heavy atom. The van der Waals surface area contributed by atoms with Crippen LogP contribution in [0.15, 0.2) is 51.7 Å². The Morgan fingerprint density at radius 1 is 1.35 bits per heavy atom. The first kappa shape index (κ1) is 13.9. The number of nitrogens with zero attached hydrogens (tertiary/aromatic N) is 1. The van der Waals surface area contributed by atoms with Crippen molar-refractivity contribution in [2.24, 2.45) is 4.36 Å². The Labute approximate surface area is 103 Å². The number of benzene rings is 1. The molecule has 3 nitrogen and oxygen atoms in total. The van der Waals surface area contributed by atoms with Gasteiger partial charge in [-0.3, -0.25) is 0 Å². The van der Waals surface area contributed by atoms with Gasteiger partial charge in [0.2, 0.25) is 0 Å². The maximum atomic E-state index is 12.9. The molecule has 1 unspecified atom stereocenters. The van der Waals surface area contributed by atoms with Crippen LogP contribution in [0.5, 0.6) is 0 Å². The standard InChI is InChI=1S/C13H19NO2S/c1-4-8-13(11(2)15)17(16,14-3)12-9-6-5-7-10-12/h4-11,13,15H,1-3H3/b8-4+/t11-,13-,17?/m1/s1. The van der Waals surface area contributed by atoms with Gasteiger partial charge in [0.05, 0.1) is 21.1 Å². The molecule has 0 amide bonds. The molecule has 0 heterocycles. The zero-order valence-corrected chi connectivity index (χ0v) is 11.2. The van der Waals surface area contributed by atoms with Gasteiger partial charge in [-0.25, -0.2) is 8.57 Å². The second-order valence-electron chi connectivity index (χ2n) is 3.80. The first-order valence-corrected chi connectivity index (χ1v) is 7.14. The van der Waals surface area contributed by atoms with Crippen molar-refractivity contribution >= 4 is 9.73 Å². The Kier molecular flexibility index (Phi) is 4.90. The average molecular weight is 253 g/mol. The van der Waals surface area contributed by atoms with E-state index in [-0.39, 0.29) is 0 Å². The molecule has 0 aliphatic carbocycles. The minimum Gasteiger partial charge on any atom is -0.392 e. The van der Waals surface area contributed by atoms with Crippen molar-refractivity contribution < 1.29 is 9.32 Å². The predicted molar refractivity (Wildman–Crippen MR) is 71.5 cm³/mol. The molecule has 1 aromatic rings. The van der Waals surface area contributed by atoms with Gasteiger partial charge in [-0.2, -0.15) is 0 Å². The molecule has 0 bridgehead atoms. The lowest BCUT2D eigenvalue weighted by atomic mass is 10.2. The molecule has 0 saturated heterocycles. The summed E-state index contributed by atoms with van der Waals surface area (Å²) in [6.07, 6.45) is 2.85. The quantitative estimate of drug-likeness (QED) is 0.838. The van der Waals surface area contributed by atoms with E-state index in [1.54, 1.807) is 31.2 Å². The summed E-state index contributed by atoms with van der Waals surface area (Å²) in [4.78, 5) is 0.659. The highest BCUT2D eigenvalue weighted by Crippen LogP contribution is 2.22. The van der Waals surface area contributed by atoms with Crippen molar-refractivity contribution in [2.45, 2.75) is 30.1 Å². The minimum atomic E-state index is -2.62. The second kappa shape index (κ2) is 5.98. The Morgan fingerprint density at radius 2 is 1.94 bits per heavy atom. The summed E-state index contributed by atoms with van der Waals surface area (Å²) in [6, 6.07) is 9.10. The van der Waals surface area contributed by atoms with Crippen LogP contribution in [0.3, 0.4) is 0 Å². The van der Waals surface area contributed by atoms with E-state index in [1.165, 1.54) is 7.05 Å². The maximum absolute atomic E-state index is 12.9. The number of aliphatic hydroxyl groups is 1. The van der Waals surface area contributed by atoms with Gasteiger partial charge < -0.3 is 5.11 Å². The Hall–Kier alpha value is -1.13. The molecule has 1 N–H and O–H groups in total. The summed E-state index contributed by atoms with van der Waals surface area (Å²) in [5, 5.41) is 9.29. The van der Waals surface area contributed by atoms with Crippen molar-refractivity contribution in [1.82, 2.24) is 0 Å². The SMILES string of the molecule is C/C=C/[C@H]([C@@H](C)O)S(=O)(=NC)c1ccccc1. The minimum absolute atomic E-state index is 0.486. The molecule has 1 aromatic carbocycles. The van der Waals surface area contributed by atoms with Gasteiger partial charge in [-0.15, -0.1) is 0 Å². The van der Waals surface area contributed by atoms with Crippen LogP contribution >= 0.6 is 0 Å². The van der Waals surface area contributed by atoms with E-state index in [4.69, 9.17) is 0 Å². The molecule has 0 spiro atoms. The smallest absolute Gasteiger partial charge is 0.0910 e. The molecule has 3 atom stereocenters. The molecule has 0 aliphatic heterocycles. The van der Waals surface area contributed by atoms with E-state index in [1.807, 2.05) is 25.1 Å². The molecule has 17 heavy (non-hydrogen) atoms. The molecule has 1 rings (SSSR count). The van der Waals surface area contributed by atoms with Crippen molar-refractivity contribution in [3.8, 4) is 0 Å². The van der Waals surface area contributed by atoms with E-state index in [0.717, 1.165) is 0 Å². The molecule has 0 saturated carbocycles. The number of rotatable bonds is 4. The topological polar surface area (TPSA) is 49.7 Å². The summed E-state index contributed by atoms with van der Waals surface area (Å²) >= 11 is 0. The third-order valence-electron chi connectivity index (χ3n) is 2.58. The Bertz CT molecular complexity index is 485. The lowest BCUT2D eigenvalue weighted by molar-refractivity contribution is 0.201. The number of aliphatic hydroxyl groups excluding tert-OH is 1. The van der Waals surface area contributed by atoms with Crippen molar-refractivity contribution in [1.29, 1.82) is 0 Å². The lowest BCUT2D eigenvalue weighted by Crippen LogP contribution is -2.30. The van der Waals surface area contributed by atoms with Crippen molar-refractivity contribution in [2.75, 3.05) is 7.05 Å². The van der Waals surface area contributed by atoms with E-state index < -0.39 is 21.1 Å². The van der Waals surface area contributed by atoms with Gasteiger partial charge in [-0.1, -0.05) is 30.4 Å². The second-order valence-corrected chi connectivity index (χ2v) is 6.31. The summed E-state index contributed by atoms with van der Waals surface area (Å²) < 4.78 is 17.0. The fraction of sp³-hybridized carbons (Fsp3) is 0.385. The number of hydrogen-bond acceptors (Lipinski definition) is 3. The van der Waals surface area contributed by atoms with Gasteiger partial charge in [0.15, 0.2) is 0 Å². The third-order valence-corrected chi connectivity index (χ3v) is 5.36. The monoisotopic (exact) mass is 253 g/mol. The van der Waals surface area contributed by atoms with Gasteiger partial charge in [0, 0.05) is 11.9 Å². The van der Waals surface area contributed by atoms with Crippen molar-refractivity contribution in [3.63, 3.8) is 0 Å². The molecule has 0 aliphatic rings. The fourth-order valence-corrected chi connectivity index (χ4v) is 3.94. The van der Waals surface area contributed by atoms with Crippen LogP contribution in [0.1, 0.15) is 13.8 Å². The largest absolute Gasteiger partial charge is 0.392 e. The average Bonchev–Trinajstić information content (AvgIpc) is 2.35. The molecule has 94 valence electrons. The van der Waals surface area contributed by atoms with Gasteiger partial charge in [0.25, 0.3) is 0 Å². The predicted octanol–water partition coefficient (Wildman–Crippen LogP) is 2.47. The highest BCUT2D eigenvalue weighted by atomic mass is 32.2. The van der Waals surface area contributed by atoms with Crippen molar-refractivity contribution in [3.05, 3.63) is 42.5 Å². The van der Waals surface area contributed by atoms with Crippen LogP contribution in [0.4, 0.5) is 0 Å². The number of allylic oxidation sites excluding steroid dienone is 1. The Balaban J connectivity index is 3.35. The summed E-state index contributed by atoms with van der Waals surface area (Å²) in [7, 11) is -1.08. The maximum Gasteiger partial charge on any atom is 0.0910 e. The molecule has 0 fully saturated rings. The van der Waals surface area contributed by atoms with Gasteiger partial charge in [0.1, 0.15) is 0 Å². The van der Waals surface area contributed by atoms with Crippen LogP contribution in [0.25, 0.3) is 0 Å².